The Morgan fingerprint density at radius 1 is 1.19 bits per heavy atom. The summed E-state index contributed by atoms with van der Waals surface area (Å²) < 4.78 is 67.1. The van der Waals surface area contributed by atoms with Crippen LogP contribution in [-0.2, 0) is 13.2 Å². The molecule has 0 saturated carbocycles. The first-order chi connectivity index (χ1) is 12.4. The summed E-state index contributed by atoms with van der Waals surface area (Å²) in [5, 5.41) is -0.344. The zero-order valence-corrected chi connectivity index (χ0v) is 14.5. The molecular weight excluding hydrogens is 373 g/mol. The highest BCUT2D eigenvalue weighted by molar-refractivity contribution is 6.05. The molecule has 1 fully saturated rings. The van der Waals surface area contributed by atoms with Gasteiger partial charge < -0.3 is 4.90 Å². The lowest BCUT2D eigenvalue weighted by Gasteiger charge is -2.33. The second-order valence-corrected chi connectivity index (χ2v) is 6.59. The van der Waals surface area contributed by atoms with Crippen LogP contribution < -0.4 is 10.5 Å². The number of benzene rings is 1. The summed E-state index contributed by atoms with van der Waals surface area (Å²) in [6.45, 7) is 0.957. The molecule has 1 aliphatic heterocycles. The highest BCUT2D eigenvalue weighted by Crippen LogP contribution is 2.34. The molecule has 0 unspecified atom stereocenters. The van der Waals surface area contributed by atoms with E-state index < -0.39 is 41.8 Å². The summed E-state index contributed by atoms with van der Waals surface area (Å²) in [6.07, 6.45) is -5.58. The molecule has 1 saturated heterocycles. The summed E-state index contributed by atoms with van der Waals surface area (Å²) in [5.41, 5.74) is -2.39. The Hall–Kier alpha value is -2.52. The van der Waals surface area contributed by atoms with Crippen molar-refractivity contribution in [3.05, 3.63) is 33.6 Å². The Kier molecular flexibility index (Phi) is 4.47. The monoisotopic (exact) mass is 389 g/mol. The van der Waals surface area contributed by atoms with Crippen molar-refractivity contribution in [2.24, 2.45) is 7.05 Å². The smallest absolute Gasteiger partial charge is 0.342 e. The van der Waals surface area contributed by atoms with Gasteiger partial charge in [-0.15, -0.1) is 0 Å². The number of carbonyl (C=O) groups is 1. The number of fused-ring (bicyclic) bond motifs is 1. The van der Waals surface area contributed by atoms with Gasteiger partial charge in [0.25, 0.3) is 11.5 Å². The van der Waals surface area contributed by atoms with Crippen molar-refractivity contribution in [1.82, 2.24) is 9.55 Å². The van der Waals surface area contributed by atoms with Crippen LogP contribution in [0.4, 0.5) is 27.9 Å². The fourth-order valence-electron chi connectivity index (χ4n) is 3.11. The number of anilines is 1. The zero-order valence-electron chi connectivity index (χ0n) is 14.5. The maximum absolute atomic E-state index is 13.4. The fraction of sp³-hybridized carbons (Fsp3) is 0.471. The topological polar surface area (TPSA) is 55.2 Å². The molecule has 0 radical (unpaired) electrons. The van der Waals surface area contributed by atoms with E-state index in [1.807, 2.05) is 0 Å². The van der Waals surface area contributed by atoms with Gasteiger partial charge in [0, 0.05) is 38.5 Å². The normalized spacial score (nSPS) is 17.4. The molecular formula is C17H16F5N3O2. The Morgan fingerprint density at radius 2 is 1.78 bits per heavy atom. The predicted molar refractivity (Wildman–Crippen MR) is 88.4 cm³/mol. The average Bonchev–Trinajstić information content (AvgIpc) is 2.56. The first-order valence-corrected chi connectivity index (χ1v) is 8.16. The second-order valence-electron chi connectivity index (χ2n) is 6.59. The SMILES string of the molecule is CC(=O)c1cc(C(F)(F)F)cc2c(=O)n(C)c(N3CCC(F)(F)CC3)nc12. The molecule has 27 heavy (non-hydrogen) atoms. The number of carbonyl (C=O) groups excluding carboxylic acids is 1. The van der Waals surface area contributed by atoms with Crippen LogP contribution in [-0.4, -0.2) is 34.3 Å². The molecule has 0 amide bonds. The van der Waals surface area contributed by atoms with Crippen LogP contribution in [0.2, 0.25) is 0 Å². The highest BCUT2D eigenvalue weighted by Gasteiger charge is 2.36. The van der Waals surface area contributed by atoms with Crippen molar-refractivity contribution in [2.75, 3.05) is 18.0 Å². The van der Waals surface area contributed by atoms with Crippen LogP contribution in [0.3, 0.4) is 0 Å². The van der Waals surface area contributed by atoms with Gasteiger partial charge >= 0.3 is 6.18 Å². The number of hydrogen-bond donors (Lipinski definition) is 0. The van der Waals surface area contributed by atoms with Crippen LogP contribution in [0.5, 0.6) is 0 Å². The van der Waals surface area contributed by atoms with Gasteiger partial charge in [-0.25, -0.2) is 13.8 Å². The van der Waals surface area contributed by atoms with E-state index in [0.29, 0.717) is 12.1 Å². The van der Waals surface area contributed by atoms with E-state index in [1.54, 1.807) is 0 Å². The lowest BCUT2D eigenvalue weighted by molar-refractivity contribution is -0.137. The summed E-state index contributed by atoms with van der Waals surface area (Å²) >= 11 is 0. The third-order valence-corrected chi connectivity index (χ3v) is 4.64. The Morgan fingerprint density at radius 3 is 2.30 bits per heavy atom. The van der Waals surface area contributed by atoms with E-state index in [-0.39, 0.29) is 35.5 Å². The summed E-state index contributed by atoms with van der Waals surface area (Å²) in [5.74, 6) is -3.44. The van der Waals surface area contributed by atoms with Gasteiger partial charge in [0.15, 0.2) is 5.78 Å². The van der Waals surface area contributed by atoms with E-state index in [0.717, 1.165) is 11.5 Å². The molecule has 1 aromatic carbocycles. The number of halogens is 5. The Labute approximate surface area is 150 Å². The molecule has 1 aliphatic rings. The molecule has 10 heteroatoms. The largest absolute Gasteiger partial charge is 0.416 e. The first-order valence-electron chi connectivity index (χ1n) is 8.16. The fourth-order valence-corrected chi connectivity index (χ4v) is 3.11. The number of alkyl halides is 5. The minimum absolute atomic E-state index is 0.0465. The van der Waals surface area contributed by atoms with Gasteiger partial charge in [-0.2, -0.15) is 13.2 Å². The minimum Gasteiger partial charge on any atom is -0.342 e. The van der Waals surface area contributed by atoms with Crippen LogP contribution in [0.25, 0.3) is 10.9 Å². The molecule has 0 spiro atoms. The molecule has 0 aliphatic carbocycles. The van der Waals surface area contributed by atoms with Crippen molar-refractivity contribution < 1.29 is 26.7 Å². The first kappa shape index (κ1) is 19.2. The van der Waals surface area contributed by atoms with Crippen molar-refractivity contribution in [3.63, 3.8) is 0 Å². The minimum atomic E-state index is -4.74. The van der Waals surface area contributed by atoms with E-state index in [9.17, 15) is 31.5 Å². The van der Waals surface area contributed by atoms with Crippen LogP contribution >= 0.6 is 0 Å². The molecule has 3 rings (SSSR count). The number of rotatable bonds is 2. The van der Waals surface area contributed by atoms with Crippen LogP contribution in [0, 0.1) is 0 Å². The number of nitrogens with zero attached hydrogens (tertiary/aromatic N) is 3. The van der Waals surface area contributed by atoms with Gasteiger partial charge in [-0.3, -0.25) is 14.2 Å². The van der Waals surface area contributed by atoms with Gasteiger partial charge in [0.2, 0.25) is 5.95 Å². The maximum Gasteiger partial charge on any atom is 0.416 e. The number of Topliss-reactive ketones (excluding diaryl/α,β-unsaturated/α-hetero) is 1. The van der Waals surface area contributed by atoms with E-state index >= 15 is 0 Å². The molecule has 146 valence electrons. The molecule has 1 aromatic heterocycles. The second kappa shape index (κ2) is 6.28. The molecule has 2 heterocycles. The molecule has 0 N–H and O–H groups in total. The average molecular weight is 389 g/mol. The Balaban J connectivity index is 2.23. The van der Waals surface area contributed by atoms with Crippen LogP contribution in [0.1, 0.15) is 35.7 Å². The van der Waals surface area contributed by atoms with Crippen molar-refractivity contribution in [2.45, 2.75) is 31.9 Å². The number of aromatic nitrogens is 2. The third-order valence-electron chi connectivity index (χ3n) is 4.64. The van der Waals surface area contributed by atoms with Gasteiger partial charge in [-0.05, 0) is 19.1 Å². The van der Waals surface area contributed by atoms with Gasteiger partial charge in [0.1, 0.15) is 0 Å². The van der Waals surface area contributed by atoms with E-state index in [1.165, 1.54) is 11.9 Å². The summed E-state index contributed by atoms with van der Waals surface area (Å²) in [6, 6.07) is 1.32. The highest BCUT2D eigenvalue weighted by atomic mass is 19.4. The molecule has 0 atom stereocenters. The van der Waals surface area contributed by atoms with Gasteiger partial charge in [-0.1, -0.05) is 0 Å². The number of piperidine rings is 1. The quantitative estimate of drug-likeness (QED) is 0.584. The standard InChI is InChI=1S/C17H16F5N3O2/c1-9(26)11-7-10(17(20,21)22)8-12-13(11)23-15(24(2)14(12)27)25-5-3-16(18,19)4-6-25/h7-8H,3-6H2,1-2H3. The predicted octanol–water partition coefficient (Wildman–Crippen LogP) is 3.39. The molecule has 0 bridgehead atoms. The van der Waals surface area contributed by atoms with Crippen LogP contribution in [0.15, 0.2) is 16.9 Å². The van der Waals surface area contributed by atoms with Crippen molar-refractivity contribution in [1.29, 1.82) is 0 Å². The number of ketones is 1. The molecule has 2 aromatic rings. The van der Waals surface area contributed by atoms with Gasteiger partial charge in [0.05, 0.1) is 16.5 Å². The van der Waals surface area contributed by atoms with E-state index in [2.05, 4.69) is 4.98 Å². The number of hydrogen-bond acceptors (Lipinski definition) is 4. The lowest BCUT2D eigenvalue weighted by atomic mass is 10.0. The van der Waals surface area contributed by atoms with Crippen molar-refractivity contribution >= 4 is 22.6 Å². The third kappa shape index (κ3) is 3.52. The van der Waals surface area contributed by atoms with E-state index in [4.69, 9.17) is 0 Å². The Bertz CT molecular complexity index is 971. The maximum atomic E-state index is 13.4. The molecule has 5 nitrogen and oxygen atoms in total. The lowest BCUT2D eigenvalue weighted by Crippen LogP contribution is -2.42. The summed E-state index contributed by atoms with van der Waals surface area (Å²) in [4.78, 5) is 30.2. The zero-order chi connectivity index (χ0) is 20.1. The summed E-state index contributed by atoms with van der Waals surface area (Å²) in [7, 11) is 1.31. The van der Waals surface area contributed by atoms with Crippen molar-refractivity contribution in [3.8, 4) is 0 Å².